The minimum Gasteiger partial charge on any atom is -0.495 e. The van der Waals surface area contributed by atoms with Crippen molar-refractivity contribution in [3.8, 4) is 11.5 Å². The van der Waals surface area contributed by atoms with Gasteiger partial charge in [-0.2, -0.15) is 0 Å². The van der Waals surface area contributed by atoms with Crippen LogP contribution >= 0.6 is 0 Å². The minimum absolute atomic E-state index is 0.108. The van der Waals surface area contributed by atoms with Gasteiger partial charge in [0.25, 0.3) is 5.91 Å². The summed E-state index contributed by atoms with van der Waals surface area (Å²) in [6, 6.07) is 12.5. The number of hydrogen-bond acceptors (Lipinski definition) is 6. The maximum absolute atomic E-state index is 12.5. The number of piperazine rings is 1. The predicted octanol–water partition coefficient (Wildman–Crippen LogP) is 2.64. The van der Waals surface area contributed by atoms with Crippen molar-refractivity contribution >= 4 is 17.3 Å². The number of rotatable bonds is 6. The zero-order valence-corrected chi connectivity index (χ0v) is 16.0. The van der Waals surface area contributed by atoms with Crippen LogP contribution in [0.5, 0.6) is 11.5 Å². The second-order valence-electron chi connectivity index (χ2n) is 6.56. The van der Waals surface area contributed by atoms with E-state index in [0.29, 0.717) is 26.2 Å². The first-order valence-electron chi connectivity index (χ1n) is 9.03. The largest absolute Gasteiger partial charge is 0.495 e. The number of carbonyl (C=O) groups excluding carboxylic acids is 1. The summed E-state index contributed by atoms with van der Waals surface area (Å²) in [7, 11) is 1.64. The van der Waals surface area contributed by atoms with E-state index < -0.39 is 4.92 Å². The van der Waals surface area contributed by atoms with Gasteiger partial charge in [0.15, 0.2) is 12.4 Å². The summed E-state index contributed by atoms with van der Waals surface area (Å²) in [6.45, 7) is 4.00. The summed E-state index contributed by atoms with van der Waals surface area (Å²) in [4.78, 5) is 27.0. The molecule has 0 atom stereocenters. The van der Waals surface area contributed by atoms with Gasteiger partial charge in [0, 0.05) is 32.2 Å². The number of ether oxygens (including phenoxy) is 2. The van der Waals surface area contributed by atoms with E-state index in [1.54, 1.807) is 25.0 Å². The van der Waals surface area contributed by atoms with Gasteiger partial charge in [-0.3, -0.25) is 14.9 Å². The number of para-hydroxylation sites is 2. The van der Waals surface area contributed by atoms with Crippen molar-refractivity contribution in [2.75, 3.05) is 44.8 Å². The van der Waals surface area contributed by atoms with E-state index in [1.165, 1.54) is 12.1 Å². The molecule has 1 amide bonds. The molecule has 1 aliphatic rings. The molecule has 0 spiro atoms. The summed E-state index contributed by atoms with van der Waals surface area (Å²) < 4.78 is 10.9. The van der Waals surface area contributed by atoms with Gasteiger partial charge in [0.1, 0.15) is 5.75 Å². The summed E-state index contributed by atoms with van der Waals surface area (Å²) >= 11 is 0. The fourth-order valence-corrected chi connectivity index (χ4v) is 3.21. The van der Waals surface area contributed by atoms with Crippen LogP contribution in [0.25, 0.3) is 0 Å². The molecule has 0 radical (unpaired) electrons. The molecule has 1 fully saturated rings. The Morgan fingerprint density at radius 1 is 1.11 bits per heavy atom. The van der Waals surface area contributed by atoms with E-state index in [4.69, 9.17) is 9.47 Å². The van der Waals surface area contributed by atoms with Crippen LogP contribution < -0.4 is 14.4 Å². The number of methoxy groups -OCH3 is 1. The van der Waals surface area contributed by atoms with E-state index >= 15 is 0 Å². The molecule has 8 heteroatoms. The molecule has 0 unspecified atom stereocenters. The fraction of sp³-hybridized carbons (Fsp3) is 0.350. The van der Waals surface area contributed by atoms with Crippen LogP contribution in [0, 0.1) is 17.0 Å². The number of nitrogens with zero attached hydrogens (tertiary/aromatic N) is 3. The first kappa shape index (κ1) is 19.5. The average molecular weight is 385 g/mol. The molecule has 2 aromatic carbocycles. The highest BCUT2D eigenvalue weighted by Gasteiger charge is 2.24. The molecule has 2 aromatic rings. The number of amides is 1. The van der Waals surface area contributed by atoms with Gasteiger partial charge in [0.2, 0.25) is 0 Å². The molecule has 0 aromatic heterocycles. The Morgan fingerprint density at radius 3 is 2.50 bits per heavy atom. The molecule has 3 rings (SSSR count). The predicted molar refractivity (Wildman–Crippen MR) is 105 cm³/mol. The Balaban J connectivity index is 1.57. The highest BCUT2D eigenvalue weighted by atomic mass is 16.6. The summed E-state index contributed by atoms with van der Waals surface area (Å²) in [5.41, 5.74) is 1.63. The summed E-state index contributed by atoms with van der Waals surface area (Å²) in [5, 5.41) is 11.2. The van der Waals surface area contributed by atoms with Gasteiger partial charge in [-0.1, -0.05) is 18.2 Å². The van der Waals surface area contributed by atoms with Gasteiger partial charge < -0.3 is 19.3 Å². The standard InChI is InChI=1S/C20H23N3O5/c1-15-7-8-19(17(13-15)23(25)26)28-14-20(24)22-11-9-21(10-12-22)16-5-3-4-6-18(16)27-2/h3-8,13H,9-12,14H2,1-2H3. The van der Waals surface area contributed by atoms with Crippen LogP contribution in [0.4, 0.5) is 11.4 Å². The second kappa shape index (κ2) is 8.60. The molecule has 0 N–H and O–H groups in total. The number of nitro benzene ring substituents is 1. The highest BCUT2D eigenvalue weighted by Crippen LogP contribution is 2.29. The molecule has 28 heavy (non-hydrogen) atoms. The Labute approximate surface area is 163 Å². The van der Waals surface area contributed by atoms with Gasteiger partial charge >= 0.3 is 5.69 Å². The third kappa shape index (κ3) is 4.33. The number of nitro groups is 1. The maximum Gasteiger partial charge on any atom is 0.311 e. The number of benzene rings is 2. The molecule has 0 saturated carbocycles. The number of carbonyl (C=O) groups is 1. The third-order valence-corrected chi connectivity index (χ3v) is 4.72. The summed E-state index contributed by atoms with van der Waals surface area (Å²) in [5.74, 6) is 0.725. The van der Waals surface area contributed by atoms with E-state index in [-0.39, 0.29) is 24.0 Å². The second-order valence-corrected chi connectivity index (χ2v) is 6.56. The molecule has 148 valence electrons. The van der Waals surface area contributed by atoms with Crippen molar-refractivity contribution in [1.29, 1.82) is 0 Å². The van der Waals surface area contributed by atoms with Gasteiger partial charge in [-0.05, 0) is 30.7 Å². The molecule has 1 heterocycles. The zero-order chi connectivity index (χ0) is 20.1. The highest BCUT2D eigenvalue weighted by molar-refractivity contribution is 5.78. The van der Waals surface area contributed by atoms with Crippen molar-refractivity contribution in [3.05, 3.63) is 58.1 Å². The lowest BCUT2D eigenvalue weighted by Gasteiger charge is -2.36. The molecule has 0 bridgehead atoms. The van der Waals surface area contributed by atoms with Gasteiger partial charge in [-0.25, -0.2) is 0 Å². The Morgan fingerprint density at radius 2 is 1.82 bits per heavy atom. The van der Waals surface area contributed by atoms with E-state index in [9.17, 15) is 14.9 Å². The van der Waals surface area contributed by atoms with Crippen LogP contribution in [0.3, 0.4) is 0 Å². The molecule has 1 aliphatic heterocycles. The van der Waals surface area contributed by atoms with Crippen LogP contribution in [0.1, 0.15) is 5.56 Å². The quantitative estimate of drug-likeness (QED) is 0.561. The maximum atomic E-state index is 12.5. The molecular weight excluding hydrogens is 362 g/mol. The third-order valence-electron chi connectivity index (χ3n) is 4.72. The Kier molecular flexibility index (Phi) is 5.98. The van der Waals surface area contributed by atoms with E-state index in [0.717, 1.165) is 17.0 Å². The number of aryl methyl sites for hydroxylation is 1. The molecule has 8 nitrogen and oxygen atoms in total. The minimum atomic E-state index is -0.501. The first-order chi connectivity index (χ1) is 13.5. The van der Waals surface area contributed by atoms with Crippen molar-refractivity contribution in [2.45, 2.75) is 6.92 Å². The van der Waals surface area contributed by atoms with Crippen molar-refractivity contribution in [2.24, 2.45) is 0 Å². The summed E-state index contributed by atoms with van der Waals surface area (Å²) in [6.07, 6.45) is 0. The normalized spacial score (nSPS) is 13.9. The molecule has 1 saturated heterocycles. The van der Waals surface area contributed by atoms with Gasteiger partial charge in [-0.15, -0.1) is 0 Å². The lowest BCUT2D eigenvalue weighted by molar-refractivity contribution is -0.385. The SMILES string of the molecule is COc1ccccc1N1CCN(C(=O)COc2ccc(C)cc2[N+](=O)[O-])CC1. The number of anilines is 1. The van der Waals surface area contributed by atoms with Crippen molar-refractivity contribution in [1.82, 2.24) is 4.90 Å². The number of hydrogen-bond donors (Lipinski definition) is 0. The Bertz CT molecular complexity index is 863. The van der Waals surface area contributed by atoms with E-state index in [2.05, 4.69) is 4.90 Å². The van der Waals surface area contributed by atoms with Gasteiger partial charge in [0.05, 0.1) is 17.7 Å². The average Bonchev–Trinajstić information content (AvgIpc) is 2.72. The Hall–Kier alpha value is -3.29. The smallest absolute Gasteiger partial charge is 0.311 e. The van der Waals surface area contributed by atoms with Crippen LogP contribution in [-0.2, 0) is 4.79 Å². The van der Waals surface area contributed by atoms with Crippen LogP contribution in [0.2, 0.25) is 0 Å². The molecule has 0 aliphatic carbocycles. The van der Waals surface area contributed by atoms with E-state index in [1.807, 2.05) is 24.3 Å². The fourth-order valence-electron chi connectivity index (χ4n) is 3.21. The molecular formula is C20H23N3O5. The van der Waals surface area contributed by atoms with Crippen LogP contribution in [0.15, 0.2) is 42.5 Å². The zero-order valence-electron chi connectivity index (χ0n) is 16.0. The van der Waals surface area contributed by atoms with Crippen molar-refractivity contribution < 1.29 is 19.2 Å². The monoisotopic (exact) mass is 385 g/mol. The van der Waals surface area contributed by atoms with Crippen LogP contribution in [-0.4, -0.2) is 55.6 Å². The first-order valence-corrected chi connectivity index (χ1v) is 9.03. The lowest BCUT2D eigenvalue weighted by atomic mass is 10.2. The topological polar surface area (TPSA) is 85.2 Å². The lowest BCUT2D eigenvalue weighted by Crippen LogP contribution is -2.50. The van der Waals surface area contributed by atoms with Crippen molar-refractivity contribution in [3.63, 3.8) is 0 Å².